The molecule has 5 rings (SSSR count). The molecule has 2 aliphatic rings. The average molecular weight is 687 g/mol. The maximum absolute atomic E-state index is 12.6. The zero-order chi connectivity index (χ0) is 20.8. The molecular weight excluding hydrogens is 672 g/mol. The van der Waals surface area contributed by atoms with Crippen LogP contribution in [-0.2, 0) is 9.59 Å². The number of carbonyl (C=O) groups excluding carboxylic acids is 2. The fraction of sp³-hybridized carbons (Fsp3) is 0.0455. The van der Waals surface area contributed by atoms with Gasteiger partial charge in [-0.2, -0.15) is 0 Å². The van der Waals surface area contributed by atoms with E-state index in [4.69, 9.17) is 0 Å². The van der Waals surface area contributed by atoms with Crippen molar-refractivity contribution in [3.05, 3.63) is 69.8 Å². The van der Waals surface area contributed by atoms with Crippen LogP contribution < -0.4 is 13.8 Å². The van der Waals surface area contributed by atoms with Gasteiger partial charge < -0.3 is 0 Å². The van der Waals surface area contributed by atoms with Gasteiger partial charge in [-0.05, 0) is 0 Å². The molecule has 1 aromatic heterocycles. The zero-order valence-electron chi connectivity index (χ0n) is 15.7. The van der Waals surface area contributed by atoms with E-state index in [9.17, 15) is 9.59 Å². The molecule has 0 aliphatic carbocycles. The Labute approximate surface area is 203 Å². The molecule has 30 heavy (non-hydrogen) atoms. The summed E-state index contributed by atoms with van der Waals surface area (Å²) >= 11 is 1.10. The van der Waals surface area contributed by atoms with Gasteiger partial charge in [-0.1, -0.05) is 0 Å². The quantitative estimate of drug-likeness (QED) is 0.181. The first-order valence-corrected chi connectivity index (χ1v) is 14.3. The predicted molar refractivity (Wildman–Crippen MR) is 122 cm³/mol. The number of benzene rings is 2. The Bertz CT molecular complexity index is 1220. The molecule has 3 aromatic rings. The SMILES string of the molecule is CN1C(=O)/C(=C/c2ccc(N3c4ccccc4[Se]c4ccccc43)[te]2)C(=O)N=C1[Te]. The molecule has 0 bridgehead atoms. The number of aliphatic imine (C=N–C) groups is 1. The van der Waals surface area contributed by atoms with Gasteiger partial charge in [-0.15, -0.1) is 0 Å². The van der Waals surface area contributed by atoms with E-state index in [1.165, 1.54) is 28.9 Å². The van der Waals surface area contributed by atoms with Crippen molar-refractivity contribution < 1.29 is 9.59 Å². The Morgan fingerprint density at radius 2 is 1.60 bits per heavy atom. The Morgan fingerprint density at radius 3 is 2.27 bits per heavy atom. The number of amidine groups is 1. The van der Waals surface area contributed by atoms with E-state index < -0.39 is 26.3 Å². The van der Waals surface area contributed by atoms with Crippen molar-refractivity contribution in [3.63, 3.8) is 0 Å². The molecule has 5 nitrogen and oxygen atoms in total. The number of fused-ring (bicyclic) bond motifs is 2. The van der Waals surface area contributed by atoms with Crippen molar-refractivity contribution in [1.29, 1.82) is 0 Å². The number of anilines is 3. The summed E-state index contributed by atoms with van der Waals surface area (Å²) in [6.45, 7) is 0. The first kappa shape index (κ1) is 20.3. The molecule has 2 amide bonds. The molecular formula is C22H14N3O2SeTe2. The molecule has 0 atom stereocenters. The second-order valence-corrected chi connectivity index (χ2v) is 13.1. The van der Waals surface area contributed by atoms with E-state index in [1.807, 2.05) is 6.07 Å². The number of nitrogens with zero attached hydrogens (tertiary/aromatic N) is 3. The van der Waals surface area contributed by atoms with Gasteiger partial charge in [0.2, 0.25) is 0 Å². The van der Waals surface area contributed by atoms with Crippen molar-refractivity contribution in [2.24, 2.45) is 4.99 Å². The Morgan fingerprint density at radius 1 is 0.967 bits per heavy atom. The molecule has 0 spiro atoms. The second-order valence-electron chi connectivity index (χ2n) is 6.67. The summed E-state index contributed by atoms with van der Waals surface area (Å²) < 4.78 is 5.49. The van der Waals surface area contributed by atoms with E-state index in [0.29, 0.717) is 3.88 Å². The van der Waals surface area contributed by atoms with E-state index in [1.54, 1.807) is 35.4 Å². The summed E-state index contributed by atoms with van der Waals surface area (Å²) in [4.78, 5) is 32.7. The van der Waals surface area contributed by atoms with Gasteiger partial charge in [-0.25, -0.2) is 0 Å². The van der Waals surface area contributed by atoms with Crippen LogP contribution in [0.1, 0.15) is 3.58 Å². The van der Waals surface area contributed by atoms with Crippen LogP contribution in [0.2, 0.25) is 0 Å². The third kappa shape index (κ3) is 3.53. The second kappa shape index (κ2) is 8.13. The van der Waals surface area contributed by atoms with Crippen molar-refractivity contribution in [3.8, 4) is 0 Å². The van der Waals surface area contributed by atoms with Gasteiger partial charge in [0.1, 0.15) is 0 Å². The Kier molecular flexibility index (Phi) is 5.50. The molecule has 0 unspecified atom stereocenters. The van der Waals surface area contributed by atoms with Gasteiger partial charge in [0.25, 0.3) is 0 Å². The molecule has 0 saturated carbocycles. The van der Waals surface area contributed by atoms with E-state index in [2.05, 4.69) is 64.5 Å². The monoisotopic (exact) mass is 692 g/mol. The van der Waals surface area contributed by atoms with Crippen LogP contribution in [0.4, 0.5) is 15.1 Å². The maximum atomic E-state index is 12.6. The number of carbonyl (C=O) groups is 2. The van der Waals surface area contributed by atoms with Gasteiger partial charge in [-0.3, -0.25) is 0 Å². The van der Waals surface area contributed by atoms with E-state index in [-0.39, 0.29) is 26.4 Å². The van der Waals surface area contributed by atoms with Gasteiger partial charge in [0, 0.05) is 0 Å². The Hall–Kier alpha value is -1.63. The van der Waals surface area contributed by atoms with Crippen LogP contribution in [-0.4, -0.2) is 85.3 Å². The van der Waals surface area contributed by atoms with Crippen molar-refractivity contribution in [2.45, 2.75) is 0 Å². The predicted octanol–water partition coefficient (Wildman–Crippen LogP) is 1.09. The summed E-state index contributed by atoms with van der Waals surface area (Å²) in [5.41, 5.74) is 2.62. The fourth-order valence-electron chi connectivity index (χ4n) is 3.33. The van der Waals surface area contributed by atoms with Crippen LogP contribution in [0.5, 0.6) is 0 Å². The van der Waals surface area contributed by atoms with E-state index in [0.717, 1.165) is 3.58 Å². The number of hydrogen-bond donors (Lipinski definition) is 0. The number of rotatable bonds is 2. The summed E-state index contributed by atoms with van der Waals surface area (Å²) in [7, 11) is 1.65. The van der Waals surface area contributed by atoms with Crippen LogP contribution >= 0.6 is 0 Å². The topological polar surface area (TPSA) is 53.0 Å². The first-order valence-electron chi connectivity index (χ1n) is 9.08. The minimum atomic E-state index is -0.768. The number of hydrogen-bond acceptors (Lipinski definition) is 3. The van der Waals surface area contributed by atoms with Crippen molar-refractivity contribution in [2.75, 3.05) is 11.9 Å². The van der Waals surface area contributed by atoms with Gasteiger partial charge >= 0.3 is 205 Å². The minimum absolute atomic E-state index is 0.151. The van der Waals surface area contributed by atoms with Crippen molar-refractivity contribution >= 4 is 103 Å². The van der Waals surface area contributed by atoms with Crippen LogP contribution in [0.15, 0.2) is 71.2 Å². The molecule has 2 aromatic carbocycles. The summed E-state index contributed by atoms with van der Waals surface area (Å²) in [6.07, 6.45) is 1.75. The van der Waals surface area contributed by atoms with Crippen molar-refractivity contribution in [1.82, 2.24) is 4.90 Å². The first-order chi connectivity index (χ1) is 14.5. The number of amides is 2. The third-order valence-electron chi connectivity index (χ3n) is 4.80. The third-order valence-corrected chi connectivity index (χ3v) is 11.1. The summed E-state index contributed by atoms with van der Waals surface area (Å²) in [6, 6.07) is 21.3. The van der Waals surface area contributed by atoms with Crippen LogP contribution in [0, 0.1) is 0 Å². The Balaban J connectivity index is 1.57. The molecule has 0 N–H and O–H groups in total. The molecule has 1 radical (unpaired) electrons. The molecule has 2 aliphatic heterocycles. The van der Waals surface area contributed by atoms with Crippen LogP contribution in [0.3, 0.4) is 0 Å². The molecule has 0 fully saturated rings. The molecule has 147 valence electrons. The van der Waals surface area contributed by atoms with E-state index >= 15 is 0 Å². The number of likely N-dealkylation sites (N-methyl/N-ethyl adjacent to an activating group) is 1. The molecule has 0 saturated heterocycles. The summed E-state index contributed by atoms with van der Waals surface area (Å²) in [5.74, 6) is -0.732. The number of para-hydroxylation sites is 2. The fourth-order valence-corrected chi connectivity index (χ4v) is 8.81. The molecule has 3 heterocycles. The summed E-state index contributed by atoms with van der Waals surface area (Å²) in [5, 5.41) is 0. The van der Waals surface area contributed by atoms with Gasteiger partial charge in [0.15, 0.2) is 0 Å². The van der Waals surface area contributed by atoms with Gasteiger partial charge in [0.05, 0.1) is 0 Å². The average Bonchev–Trinajstić information content (AvgIpc) is 3.21. The normalized spacial score (nSPS) is 17.1. The molecule has 8 heteroatoms. The zero-order valence-corrected chi connectivity index (χ0v) is 22.1. The standard InChI is InChI=1S/C22H14N3O2SeTe2/c1-24-21(27)14(20(26)23-22(24)29)12-13-10-11-19(30-13)25-15-6-2-4-8-17(15)28-18-9-5-3-7-16(18)25/h2-12H,1H3/b14-12+. The van der Waals surface area contributed by atoms with Crippen LogP contribution in [0.25, 0.3) is 6.08 Å².